The van der Waals surface area contributed by atoms with Crippen LogP contribution >= 0.6 is 70.7 Å². The van der Waals surface area contributed by atoms with Crippen molar-refractivity contribution in [2.45, 2.75) is 4.83 Å². The van der Waals surface area contributed by atoms with E-state index in [1.54, 1.807) is 11.3 Å². The zero-order valence-electron chi connectivity index (χ0n) is 10.0. The van der Waals surface area contributed by atoms with Gasteiger partial charge in [-0.25, -0.2) is 0 Å². The van der Waals surface area contributed by atoms with Crippen molar-refractivity contribution in [2.24, 2.45) is 0 Å². The molecule has 3 aromatic rings. The van der Waals surface area contributed by atoms with Gasteiger partial charge in [0.1, 0.15) is 0 Å². The van der Waals surface area contributed by atoms with Gasteiger partial charge in [0.2, 0.25) is 0 Å². The molecule has 0 bridgehead atoms. The van der Waals surface area contributed by atoms with Gasteiger partial charge in [-0.3, -0.25) is 0 Å². The van der Waals surface area contributed by atoms with Gasteiger partial charge in [-0.1, -0.05) is 61.7 Å². The van der Waals surface area contributed by atoms with Crippen LogP contribution in [0.1, 0.15) is 16.0 Å². The first-order chi connectivity index (χ1) is 9.58. The molecule has 20 heavy (non-hydrogen) atoms. The molecule has 3 rings (SSSR count). The van der Waals surface area contributed by atoms with Crippen LogP contribution in [0.2, 0.25) is 5.02 Å². The molecule has 0 aliphatic rings. The summed E-state index contributed by atoms with van der Waals surface area (Å²) in [5, 5.41) is 4.20. The third kappa shape index (κ3) is 2.73. The fourth-order valence-electron chi connectivity index (χ4n) is 2.11. The summed E-state index contributed by atoms with van der Waals surface area (Å²) in [4.78, 5) is 0.0890. The van der Waals surface area contributed by atoms with Gasteiger partial charge < -0.3 is 0 Å². The molecule has 0 fully saturated rings. The van der Waals surface area contributed by atoms with Gasteiger partial charge in [0.25, 0.3) is 0 Å². The Morgan fingerprint density at radius 1 is 1.05 bits per heavy atom. The van der Waals surface area contributed by atoms with Crippen molar-refractivity contribution in [1.82, 2.24) is 0 Å². The summed E-state index contributed by atoms with van der Waals surface area (Å²) in [7, 11) is 0. The van der Waals surface area contributed by atoms with Crippen LogP contribution in [0.4, 0.5) is 0 Å². The van der Waals surface area contributed by atoms with Crippen molar-refractivity contribution in [1.29, 1.82) is 0 Å². The van der Waals surface area contributed by atoms with Gasteiger partial charge in [-0.15, -0.1) is 11.3 Å². The minimum atomic E-state index is 0.0890. The Kier molecular flexibility index (Phi) is 4.58. The van der Waals surface area contributed by atoms with Gasteiger partial charge in [-0.2, -0.15) is 0 Å². The molecule has 0 saturated carbocycles. The summed E-state index contributed by atoms with van der Waals surface area (Å²) in [6, 6.07) is 12.3. The molecular formula is C15H8Br3ClS. The number of hydrogen-bond acceptors (Lipinski definition) is 1. The Morgan fingerprint density at radius 3 is 2.60 bits per heavy atom. The van der Waals surface area contributed by atoms with E-state index in [1.807, 2.05) is 18.2 Å². The van der Waals surface area contributed by atoms with Crippen molar-refractivity contribution in [3.63, 3.8) is 0 Å². The molecule has 5 heteroatoms. The molecule has 0 saturated heterocycles. The fourth-order valence-corrected chi connectivity index (χ4v) is 5.63. The summed E-state index contributed by atoms with van der Waals surface area (Å²) in [6.07, 6.45) is 0. The highest BCUT2D eigenvalue weighted by molar-refractivity contribution is 9.11. The summed E-state index contributed by atoms with van der Waals surface area (Å²) in [5.74, 6) is 0. The summed E-state index contributed by atoms with van der Waals surface area (Å²) in [6.45, 7) is 0. The van der Waals surface area contributed by atoms with E-state index in [0.29, 0.717) is 0 Å². The van der Waals surface area contributed by atoms with Gasteiger partial charge in [0.05, 0.1) is 4.83 Å². The Bertz CT molecular complexity index is 782. The first-order valence-electron chi connectivity index (χ1n) is 5.82. The molecule has 1 unspecified atom stereocenters. The third-order valence-electron chi connectivity index (χ3n) is 3.09. The molecule has 0 aliphatic heterocycles. The van der Waals surface area contributed by atoms with E-state index < -0.39 is 0 Å². The maximum absolute atomic E-state index is 6.36. The number of halogens is 4. The van der Waals surface area contributed by atoms with E-state index in [9.17, 15) is 0 Å². The normalized spacial score (nSPS) is 12.8. The number of alkyl halides is 1. The highest BCUT2D eigenvalue weighted by Crippen LogP contribution is 2.43. The van der Waals surface area contributed by atoms with Crippen molar-refractivity contribution < 1.29 is 0 Å². The molecule has 0 amide bonds. The first kappa shape index (κ1) is 15.0. The predicted octanol–water partition coefficient (Wildman–Crippen LogP) is 7.56. The Hall–Kier alpha value is 0.130. The topological polar surface area (TPSA) is 0 Å². The van der Waals surface area contributed by atoms with Gasteiger partial charge in [0.15, 0.2) is 0 Å². The van der Waals surface area contributed by atoms with E-state index in [4.69, 9.17) is 11.6 Å². The zero-order valence-corrected chi connectivity index (χ0v) is 16.4. The van der Waals surface area contributed by atoms with Crippen LogP contribution in [0.15, 0.2) is 50.7 Å². The first-order valence-corrected chi connectivity index (χ1v) is 9.58. The van der Waals surface area contributed by atoms with Crippen LogP contribution in [-0.4, -0.2) is 0 Å². The second-order valence-electron chi connectivity index (χ2n) is 4.34. The number of rotatable bonds is 2. The van der Waals surface area contributed by atoms with Crippen LogP contribution in [0.5, 0.6) is 0 Å². The highest BCUT2D eigenvalue weighted by atomic mass is 79.9. The molecule has 0 aliphatic carbocycles. The summed E-state index contributed by atoms with van der Waals surface area (Å²) in [5.41, 5.74) is 2.32. The fraction of sp³-hybridized carbons (Fsp3) is 0.0667. The molecule has 1 heterocycles. The lowest BCUT2D eigenvalue weighted by Gasteiger charge is -2.12. The van der Waals surface area contributed by atoms with E-state index in [0.717, 1.165) is 19.5 Å². The quantitative estimate of drug-likeness (QED) is 0.322. The Labute approximate surface area is 151 Å². The number of hydrogen-bond donors (Lipinski definition) is 0. The van der Waals surface area contributed by atoms with Gasteiger partial charge in [-0.05, 0) is 56.0 Å². The van der Waals surface area contributed by atoms with Crippen molar-refractivity contribution in [3.8, 4) is 0 Å². The zero-order chi connectivity index (χ0) is 14.3. The minimum Gasteiger partial charge on any atom is -0.142 e. The SMILES string of the molecule is Clc1cc(Br)ccc1C(Br)c1csc2c(Br)cccc12. The van der Waals surface area contributed by atoms with E-state index >= 15 is 0 Å². The van der Waals surface area contributed by atoms with Crippen molar-refractivity contribution >= 4 is 80.8 Å². The summed E-state index contributed by atoms with van der Waals surface area (Å²) >= 11 is 18.9. The van der Waals surface area contributed by atoms with E-state index in [-0.39, 0.29) is 4.83 Å². The highest BCUT2D eigenvalue weighted by Gasteiger charge is 2.18. The molecule has 0 N–H and O–H groups in total. The van der Waals surface area contributed by atoms with Crippen LogP contribution < -0.4 is 0 Å². The average molecular weight is 495 g/mol. The van der Waals surface area contributed by atoms with E-state index in [1.165, 1.54) is 15.6 Å². The number of fused-ring (bicyclic) bond motifs is 1. The van der Waals surface area contributed by atoms with Crippen LogP contribution in [-0.2, 0) is 0 Å². The molecular weight excluding hydrogens is 487 g/mol. The standard InChI is InChI=1S/C15H8Br3ClS/c16-8-4-5-10(13(19)6-8)14(18)11-7-20-15-9(11)2-1-3-12(15)17/h1-7,14H. The lowest BCUT2D eigenvalue weighted by atomic mass is 10.0. The molecule has 1 aromatic heterocycles. The monoisotopic (exact) mass is 492 g/mol. The summed E-state index contributed by atoms with van der Waals surface area (Å²) < 4.78 is 3.39. The largest absolute Gasteiger partial charge is 0.142 e. The minimum absolute atomic E-state index is 0.0890. The molecule has 0 radical (unpaired) electrons. The second-order valence-corrected chi connectivity index (χ2v) is 8.31. The lowest BCUT2D eigenvalue weighted by Crippen LogP contribution is -1.92. The maximum Gasteiger partial charge on any atom is 0.0673 e. The molecule has 1 atom stereocenters. The smallest absolute Gasteiger partial charge is 0.0673 e. The van der Waals surface area contributed by atoms with Crippen LogP contribution in [0.25, 0.3) is 10.1 Å². The van der Waals surface area contributed by atoms with Gasteiger partial charge >= 0.3 is 0 Å². The van der Waals surface area contributed by atoms with Gasteiger partial charge in [0, 0.05) is 18.7 Å². The molecule has 102 valence electrons. The molecule has 0 spiro atoms. The predicted molar refractivity (Wildman–Crippen MR) is 99.4 cm³/mol. The Morgan fingerprint density at radius 2 is 1.85 bits per heavy atom. The van der Waals surface area contributed by atoms with Crippen molar-refractivity contribution in [3.05, 3.63) is 66.9 Å². The van der Waals surface area contributed by atoms with E-state index in [2.05, 4.69) is 71.4 Å². The molecule has 0 nitrogen and oxygen atoms in total. The van der Waals surface area contributed by atoms with Crippen LogP contribution in [0.3, 0.4) is 0 Å². The number of thiophene rings is 1. The van der Waals surface area contributed by atoms with Crippen LogP contribution in [0, 0.1) is 0 Å². The average Bonchev–Trinajstić information content (AvgIpc) is 2.83. The third-order valence-corrected chi connectivity index (χ3v) is 6.87. The second kappa shape index (κ2) is 6.09. The number of benzene rings is 2. The maximum atomic E-state index is 6.36. The van der Waals surface area contributed by atoms with Crippen molar-refractivity contribution in [2.75, 3.05) is 0 Å². The molecule has 2 aromatic carbocycles. The Balaban J connectivity index is 2.13. The lowest BCUT2D eigenvalue weighted by molar-refractivity contribution is 1.21.